The maximum Gasteiger partial charge on any atom is 0.501 e. The molecule has 2 aromatic carbocycles. The molecule has 2 rings (SSSR count). The number of benzene rings is 2. The Labute approximate surface area is 185 Å². The van der Waals surface area contributed by atoms with Gasteiger partial charge in [-0.05, 0) is 42.2 Å². The molecular weight excluding hydrogens is 511 g/mol. The first-order valence-corrected chi connectivity index (χ1v) is 11.1. The number of phenols is 1. The molecule has 0 aliphatic carbocycles. The number of carbonyl (C=O) groups excluding carboxylic acids is 1. The van der Waals surface area contributed by atoms with Crippen LogP contribution >= 0.6 is 27.5 Å². The number of sulfone groups is 1. The van der Waals surface area contributed by atoms with Crippen molar-refractivity contribution < 1.29 is 31.5 Å². The van der Waals surface area contributed by atoms with E-state index in [0.717, 1.165) is 6.07 Å². The highest BCUT2D eigenvalue weighted by Crippen LogP contribution is 2.39. The van der Waals surface area contributed by atoms with E-state index in [1.165, 1.54) is 0 Å². The van der Waals surface area contributed by atoms with Crippen molar-refractivity contribution in [3.05, 3.63) is 50.5 Å². The van der Waals surface area contributed by atoms with Crippen LogP contribution in [0.3, 0.4) is 0 Å². The Morgan fingerprint density at radius 2 is 1.73 bits per heavy atom. The lowest BCUT2D eigenvalue weighted by Crippen LogP contribution is -2.23. The fraction of sp³-hybridized carbons (Fsp3) is 0.316. The predicted molar refractivity (Wildman–Crippen MR) is 112 cm³/mol. The molecule has 0 aliphatic rings. The van der Waals surface area contributed by atoms with Gasteiger partial charge in [-0.15, -0.1) is 0 Å². The van der Waals surface area contributed by atoms with Crippen LogP contribution in [0.1, 0.15) is 42.3 Å². The lowest BCUT2D eigenvalue weighted by atomic mass is 9.84. The van der Waals surface area contributed by atoms with Crippen molar-refractivity contribution in [1.82, 2.24) is 0 Å². The van der Waals surface area contributed by atoms with Gasteiger partial charge in [-0.3, -0.25) is 4.79 Å². The van der Waals surface area contributed by atoms with Crippen molar-refractivity contribution in [2.24, 2.45) is 0 Å². The van der Waals surface area contributed by atoms with E-state index in [2.05, 4.69) is 21.2 Å². The number of phenolic OH excluding ortho intramolecular Hbond substituents is 1. The van der Waals surface area contributed by atoms with E-state index in [1.807, 2.05) is 20.8 Å². The van der Waals surface area contributed by atoms with Crippen LogP contribution in [0.25, 0.3) is 0 Å². The molecule has 0 fully saturated rings. The first-order chi connectivity index (χ1) is 13.5. The normalized spacial score (nSPS) is 12.7. The third kappa shape index (κ3) is 4.60. The zero-order valence-corrected chi connectivity index (χ0v) is 19.4. The minimum Gasteiger partial charge on any atom is -0.507 e. The summed E-state index contributed by atoms with van der Waals surface area (Å²) in [6, 6.07) is 3.95. The van der Waals surface area contributed by atoms with Crippen LogP contribution in [0.5, 0.6) is 5.75 Å². The second-order valence-corrected chi connectivity index (χ2v) is 10.8. The Hall–Kier alpha value is -1.78. The van der Waals surface area contributed by atoms with Crippen molar-refractivity contribution in [1.29, 1.82) is 0 Å². The summed E-state index contributed by atoms with van der Waals surface area (Å²) in [7, 11) is -5.58. The van der Waals surface area contributed by atoms with Crippen LogP contribution in [-0.2, 0) is 15.3 Å². The summed E-state index contributed by atoms with van der Waals surface area (Å²) >= 11 is 9.26. The minimum atomic E-state index is -5.58. The SMILES string of the molecule is Cc1c(Br)cc(C(C)(C)C)c(O)c1C(=O)Nc1ccc(S(=O)(=O)C(F)(F)F)cc1Cl. The molecule has 30 heavy (non-hydrogen) atoms. The molecule has 0 bridgehead atoms. The molecule has 2 N–H and O–H groups in total. The van der Waals surface area contributed by atoms with Gasteiger partial charge >= 0.3 is 5.51 Å². The molecule has 0 aliphatic heterocycles. The number of amides is 1. The van der Waals surface area contributed by atoms with Gasteiger partial charge in [-0.25, -0.2) is 8.42 Å². The molecule has 1 amide bonds. The van der Waals surface area contributed by atoms with Gasteiger partial charge in [0.25, 0.3) is 15.7 Å². The molecule has 0 aromatic heterocycles. The van der Waals surface area contributed by atoms with Gasteiger partial charge in [0.1, 0.15) is 5.75 Å². The summed E-state index contributed by atoms with van der Waals surface area (Å²) in [5, 5.41) is 12.7. The van der Waals surface area contributed by atoms with Crippen molar-refractivity contribution in [2.45, 2.75) is 43.5 Å². The largest absolute Gasteiger partial charge is 0.507 e. The smallest absolute Gasteiger partial charge is 0.501 e. The molecule has 0 spiro atoms. The first-order valence-electron chi connectivity index (χ1n) is 8.43. The third-order valence-electron chi connectivity index (χ3n) is 4.34. The van der Waals surface area contributed by atoms with Gasteiger partial charge in [0.05, 0.1) is 21.2 Å². The monoisotopic (exact) mass is 527 g/mol. The number of aromatic hydroxyl groups is 1. The average molecular weight is 529 g/mol. The molecule has 0 heterocycles. The highest BCUT2D eigenvalue weighted by molar-refractivity contribution is 9.10. The van der Waals surface area contributed by atoms with E-state index < -0.39 is 36.6 Å². The second kappa shape index (κ2) is 8.05. The Morgan fingerprint density at radius 1 is 1.17 bits per heavy atom. The molecule has 0 radical (unpaired) electrons. The maximum atomic E-state index is 12.8. The third-order valence-corrected chi connectivity index (χ3v) is 6.96. The Balaban J connectivity index is 2.49. The molecule has 0 saturated heterocycles. The quantitative estimate of drug-likeness (QED) is 0.515. The molecule has 164 valence electrons. The van der Waals surface area contributed by atoms with E-state index in [0.29, 0.717) is 27.7 Å². The van der Waals surface area contributed by atoms with E-state index in [9.17, 15) is 31.5 Å². The molecule has 0 saturated carbocycles. The van der Waals surface area contributed by atoms with E-state index >= 15 is 0 Å². The summed E-state index contributed by atoms with van der Waals surface area (Å²) in [5.41, 5.74) is -5.19. The summed E-state index contributed by atoms with van der Waals surface area (Å²) in [4.78, 5) is 11.8. The van der Waals surface area contributed by atoms with Crippen LogP contribution in [0.2, 0.25) is 5.02 Å². The van der Waals surface area contributed by atoms with Crippen molar-refractivity contribution in [2.75, 3.05) is 5.32 Å². The van der Waals surface area contributed by atoms with Gasteiger partial charge in [0.2, 0.25) is 0 Å². The van der Waals surface area contributed by atoms with Crippen molar-refractivity contribution in [3.63, 3.8) is 0 Å². The Bertz CT molecular complexity index is 1130. The van der Waals surface area contributed by atoms with Gasteiger partial charge < -0.3 is 10.4 Å². The number of halogens is 5. The fourth-order valence-electron chi connectivity index (χ4n) is 2.67. The van der Waals surface area contributed by atoms with Crippen LogP contribution < -0.4 is 5.32 Å². The highest BCUT2D eigenvalue weighted by atomic mass is 79.9. The standard InChI is InChI=1S/C19H18BrClF3NO4S/c1-9-12(20)8-11(18(2,3)4)16(26)15(9)17(27)25-14-6-5-10(7-13(14)21)30(28,29)19(22,23)24/h5-8,26H,1-4H3,(H,25,27). The zero-order chi connectivity index (χ0) is 23.2. The Kier molecular flexibility index (Phi) is 6.57. The van der Waals surface area contributed by atoms with Gasteiger partial charge in [0, 0.05) is 10.0 Å². The summed E-state index contributed by atoms with van der Waals surface area (Å²) in [6.07, 6.45) is 0. The first kappa shape index (κ1) is 24.5. The zero-order valence-electron chi connectivity index (χ0n) is 16.3. The lowest BCUT2D eigenvalue weighted by Gasteiger charge is -2.24. The van der Waals surface area contributed by atoms with Crippen LogP contribution in [0.4, 0.5) is 18.9 Å². The predicted octanol–water partition coefficient (Wildman–Crippen LogP) is 5.96. The number of alkyl halides is 3. The van der Waals surface area contributed by atoms with Crippen LogP contribution in [0.15, 0.2) is 33.6 Å². The maximum absolute atomic E-state index is 12.8. The molecule has 0 unspecified atom stereocenters. The fourth-order valence-corrected chi connectivity index (χ4v) is 4.17. The summed E-state index contributed by atoms with van der Waals surface area (Å²) in [6.45, 7) is 7.15. The highest BCUT2D eigenvalue weighted by Gasteiger charge is 2.47. The topological polar surface area (TPSA) is 83.5 Å². The lowest BCUT2D eigenvalue weighted by molar-refractivity contribution is -0.0436. The molecule has 5 nitrogen and oxygen atoms in total. The number of rotatable bonds is 3. The molecule has 0 atom stereocenters. The van der Waals surface area contributed by atoms with Crippen LogP contribution in [0, 0.1) is 6.92 Å². The van der Waals surface area contributed by atoms with Gasteiger partial charge in [0.15, 0.2) is 0 Å². The number of nitrogens with one attached hydrogen (secondary N) is 1. The number of hydrogen-bond donors (Lipinski definition) is 2. The van der Waals surface area contributed by atoms with Crippen molar-refractivity contribution in [3.8, 4) is 5.75 Å². The summed E-state index contributed by atoms with van der Waals surface area (Å²) < 4.78 is 61.7. The second-order valence-electron chi connectivity index (χ2n) is 7.55. The molecule has 2 aromatic rings. The average Bonchev–Trinajstić information content (AvgIpc) is 2.58. The van der Waals surface area contributed by atoms with E-state index in [1.54, 1.807) is 13.0 Å². The molecule has 11 heteroatoms. The van der Waals surface area contributed by atoms with Crippen molar-refractivity contribution >= 4 is 49.0 Å². The Morgan fingerprint density at radius 3 is 2.20 bits per heavy atom. The van der Waals surface area contributed by atoms with E-state index in [4.69, 9.17) is 11.6 Å². The van der Waals surface area contributed by atoms with Gasteiger partial charge in [-0.1, -0.05) is 48.3 Å². The summed E-state index contributed by atoms with van der Waals surface area (Å²) in [5.74, 6) is -1.00. The van der Waals surface area contributed by atoms with Gasteiger partial charge in [-0.2, -0.15) is 13.2 Å². The minimum absolute atomic E-state index is 0.0441. The van der Waals surface area contributed by atoms with E-state index in [-0.39, 0.29) is 17.0 Å². The van der Waals surface area contributed by atoms with Crippen LogP contribution in [-0.4, -0.2) is 24.9 Å². The number of carbonyl (C=O) groups is 1. The number of hydrogen-bond acceptors (Lipinski definition) is 4. The number of anilines is 1. The molecular formula is C19H18BrClF3NO4S.